The molecule has 21 heavy (non-hydrogen) atoms. The largest absolute Gasteiger partial charge is 0.398 e. The molecule has 0 amide bonds. The van der Waals surface area contributed by atoms with Crippen LogP contribution in [0.2, 0.25) is 5.02 Å². The molecule has 1 aliphatic carbocycles. The van der Waals surface area contributed by atoms with Gasteiger partial charge in [0.25, 0.3) is 0 Å². The quantitative estimate of drug-likeness (QED) is 0.859. The van der Waals surface area contributed by atoms with Gasteiger partial charge in [0.05, 0.1) is 30.0 Å². The fourth-order valence-electron chi connectivity index (χ4n) is 2.61. The predicted molar refractivity (Wildman–Crippen MR) is 80.9 cm³/mol. The molecule has 1 saturated carbocycles. The SMILES string of the molecule is Nc1cc(-c2nnnn2CCOC2CCCC2)ccc1Cl. The van der Waals surface area contributed by atoms with E-state index in [1.54, 1.807) is 16.8 Å². The number of benzene rings is 1. The van der Waals surface area contributed by atoms with E-state index in [4.69, 9.17) is 22.1 Å². The number of tetrazole rings is 1. The van der Waals surface area contributed by atoms with E-state index in [9.17, 15) is 0 Å². The molecule has 0 atom stereocenters. The molecule has 0 unspecified atom stereocenters. The van der Waals surface area contributed by atoms with E-state index >= 15 is 0 Å². The Kier molecular flexibility index (Phi) is 4.36. The van der Waals surface area contributed by atoms with E-state index in [1.807, 2.05) is 6.07 Å². The highest BCUT2D eigenvalue weighted by Crippen LogP contribution is 2.25. The number of anilines is 1. The Morgan fingerprint density at radius 2 is 2.14 bits per heavy atom. The fraction of sp³-hybridized carbons (Fsp3) is 0.500. The number of hydrogen-bond acceptors (Lipinski definition) is 5. The molecule has 2 N–H and O–H groups in total. The molecule has 3 rings (SSSR count). The molecule has 0 bridgehead atoms. The minimum atomic E-state index is 0.399. The van der Waals surface area contributed by atoms with Crippen LogP contribution in [0.3, 0.4) is 0 Å². The molecule has 6 nitrogen and oxygen atoms in total. The van der Waals surface area contributed by atoms with Crippen LogP contribution in [0.5, 0.6) is 0 Å². The molecule has 112 valence electrons. The number of aromatic nitrogens is 4. The lowest BCUT2D eigenvalue weighted by molar-refractivity contribution is 0.0514. The topological polar surface area (TPSA) is 78.9 Å². The summed E-state index contributed by atoms with van der Waals surface area (Å²) in [6, 6.07) is 5.39. The molecular weight excluding hydrogens is 290 g/mol. The lowest BCUT2D eigenvalue weighted by atomic mass is 10.2. The summed E-state index contributed by atoms with van der Waals surface area (Å²) < 4.78 is 7.58. The Balaban J connectivity index is 1.66. The fourth-order valence-corrected chi connectivity index (χ4v) is 2.72. The van der Waals surface area contributed by atoms with Crippen molar-refractivity contribution in [3.63, 3.8) is 0 Å². The second-order valence-electron chi connectivity index (χ2n) is 5.24. The van der Waals surface area contributed by atoms with Crippen LogP contribution < -0.4 is 5.73 Å². The highest BCUT2D eigenvalue weighted by atomic mass is 35.5. The summed E-state index contributed by atoms with van der Waals surface area (Å²) >= 11 is 5.93. The zero-order chi connectivity index (χ0) is 14.7. The Morgan fingerprint density at radius 1 is 1.33 bits per heavy atom. The van der Waals surface area contributed by atoms with Gasteiger partial charge in [0.15, 0.2) is 5.82 Å². The summed E-state index contributed by atoms with van der Waals surface area (Å²) in [7, 11) is 0. The van der Waals surface area contributed by atoms with E-state index < -0.39 is 0 Å². The summed E-state index contributed by atoms with van der Waals surface area (Å²) in [4.78, 5) is 0. The zero-order valence-electron chi connectivity index (χ0n) is 11.7. The molecule has 1 aromatic heterocycles. The van der Waals surface area contributed by atoms with Crippen molar-refractivity contribution in [2.45, 2.75) is 38.3 Å². The van der Waals surface area contributed by atoms with Gasteiger partial charge in [-0.1, -0.05) is 24.4 Å². The summed E-state index contributed by atoms with van der Waals surface area (Å²) in [5.41, 5.74) is 7.19. The first-order valence-corrected chi connectivity index (χ1v) is 7.55. The van der Waals surface area contributed by atoms with Crippen LogP contribution in [0.4, 0.5) is 5.69 Å². The Labute approximate surface area is 128 Å². The van der Waals surface area contributed by atoms with Crippen molar-refractivity contribution < 1.29 is 4.74 Å². The summed E-state index contributed by atoms with van der Waals surface area (Å²) in [6.07, 6.45) is 5.26. The summed E-state index contributed by atoms with van der Waals surface area (Å²) in [5.74, 6) is 0.674. The highest BCUT2D eigenvalue weighted by Gasteiger charge is 2.16. The zero-order valence-corrected chi connectivity index (χ0v) is 12.5. The van der Waals surface area contributed by atoms with Crippen molar-refractivity contribution in [3.8, 4) is 11.4 Å². The first kappa shape index (κ1) is 14.3. The van der Waals surface area contributed by atoms with Gasteiger partial charge in [-0.25, -0.2) is 4.68 Å². The number of ether oxygens (including phenoxy) is 1. The van der Waals surface area contributed by atoms with Gasteiger partial charge in [-0.05, 0) is 41.5 Å². The average molecular weight is 308 g/mol. The molecule has 1 fully saturated rings. The molecule has 1 aromatic carbocycles. The van der Waals surface area contributed by atoms with Gasteiger partial charge in [-0.3, -0.25) is 0 Å². The van der Waals surface area contributed by atoms with Crippen molar-refractivity contribution in [2.75, 3.05) is 12.3 Å². The highest BCUT2D eigenvalue weighted by molar-refractivity contribution is 6.33. The van der Waals surface area contributed by atoms with E-state index in [2.05, 4.69) is 15.5 Å². The van der Waals surface area contributed by atoms with Gasteiger partial charge >= 0.3 is 0 Å². The first-order chi connectivity index (χ1) is 10.2. The lowest BCUT2D eigenvalue weighted by Gasteiger charge is -2.11. The third kappa shape index (κ3) is 3.33. The van der Waals surface area contributed by atoms with E-state index in [1.165, 1.54) is 12.8 Å². The van der Waals surface area contributed by atoms with Crippen LogP contribution in [0.25, 0.3) is 11.4 Å². The lowest BCUT2D eigenvalue weighted by Crippen LogP contribution is -2.14. The minimum Gasteiger partial charge on any atom is -0.398 e. The third-order valence-corrected chi connectivity index (χ3v) is 4.09. The number of nitrogens with zero attached hydrogens (tertiary/aromatic N) is 4. The average Bonchev–Trinajstić information content (AvgIpc) is 3.13. The number of rotatable bonds is 5. The first-order valence-electron chi connectivity index (χ1n) is 7.17. The van der Waals surface area contributed by atoms with Crippen molar-refractivity contribution >= 4 is 17.3 Å². The normalized spacial score (nSPS) is 15.7. The van der Waals surface area contributed by atoms with Gasteiger partial charge in [0.1, 0.15) is 0 Å². The summed E-state index contributed by atoms with van der Waals surface area (Å²) in [5, 5.41) is 12.3. The summed E-state index contributed by atoms with van der Waals surface area (Å²) in [6.45, 7) is 1.24. The maximum atomic E-state index is 5.93. The second kappa shape index (κ2) is 6.41. The van der Waals surface area contributed by atoms with E-state index in [0.717, 1.165) is 18.4 Å². The standard InChI is InChI=1S/C14H18ClN5O/c15-12-6-5-10(9-13(12)16)14-17-18-19-20(14)7-8-21-11-3-1-2-4-11/h5-6,9,11H,1-4,7-8,16H2. The van der Waals surface area contributed by atoms with Crippen LogP contribution >= 0.6 is 11.6 Å². The molecule has 0 saturated heterocycles. The van der Waals surface area contributed by atoms with Crippen LogP contribution in [-0.2, 0) is 11.3 Å². The molecule has 0 spiro atoms. The Bertz CT molecular complexity index is 609. The Hall–Kier alpha value is -1.66. The molecule has 2 aromatic rings. The second-order valence-corrected chi connectivity index (χ2v) is 5.65. The molecule has 0 radical (unpaired) electrons. The molecule has 7 heteroatoms. The number of hydrogen-bond donors (Lipinski definition) is 1. The van der Waals surface area contributed by atoms with Crippen LogP contribution in [-0.4, -0.2) is 32.9 Å². The number of nitrogen functional groups attached to an aromatic ring is 1. The molecule has 1 heterocycles. The monoisotopic (exact) mass is 307 g/mol. The maximum absolute atomic E-state index is 5.93. The number of nitrogens with two attached hydrogens (primary N) is 1. The number of halogens is 1. The van der Waals surface area contributed by atoms with E-state index in [-0.39, 0.29) is 0 Å². The molecule has 1 aliphatic rings. The Morgan fingerprint density at radius 3 is 2.90 bits per heavy atom. The molecule has 0 aliphatic heterocycles. The van der Waals surface area contributed by atoms with Crippen molar-refractivity contribution in [2.24, 2.45) is 0 Å². The molecular formula is C14H18ClN5O. The van der Waals surface area contributed by atoms with Crippen LogP contribution in [0.1, 0.15) is 25.7 Å². The van der Waals surface area contributed by atoms with Gasteiger partial charge in [0, 0.05) is 5.56 Å². The van der Waals surface area contributed by atoms with E-state index in [0.29, 0.717) is 35.8 Å². The minimum absolute atomic E-state index is 0.399. The van der Waals surface area contributed by atoms with Crippen molar-refractivity contribution in [3.05, 3.63) is 23.2 Å². The maximum Gasteiger partial charge on any atom is 0.182 e. The van der Waals surface area contributed by atoms with Crippen LogP contribution in [0.15, 0.2) is 18.2 Å². The van der Waals surface area contributed by atoms with Crippen LogP contribution in [0, 0.1) is 0 Å². The smallest absolute Gasteiger partial charge is 0.182 e. The third-order valence-electron chi connectivity index (χ3n) is 3.74. The van der Waals surface area contributed by atoms with Crippen molar-refractivity contribution in [1.29, 1.82) is 0 Å². The van der Waals surface area contributed by atoms with Gasteiger partial charge in [-0.2, -0.15) is 0 Å². The van der Waals surface area contributed by atoms with Gasteiger partial charge in [-0.15, -0.1) is 5.10 Å². The van der Waals surface area contributed by atoms with Gasteiger partial charge in [0.2, 0.25) is 0 Å². The van der Waals surface area contributed by atoms with Crippen molar-refractivity contribution in [1.82, 2.24) is 20.2 Å². The van der Waals surface area contributed by atoms with Gasteiger partial charge < -0.3 is 10.5 Å². The predicted octanol–water partition coefficient (Wildman–Crippen LogP) is 2.53.